The Morgan fingerprint density at radius 2 is 2.00 bits per heavy atom. The van der Waals surface area contributed by atoms with E-state index in [2.05, 4.69) is 0 Å². The van der Waals surface area contributed by atoms with Crippen LogP contribution in [0.25, 0.3) is 0 Å². The first-order valence-electron chi connectivity index (χ1n) is 4.58. The number of methoxy groups -OCH3 is 1. The summed E-state index contributed by atoms with van der Waals surface area (Å²) in [5, 5.41) is 0. The number of ketones is 1. The van der Waals surface area contributed by atoms with Crippen LogP contribution in [0.2, 0.25) is 0 Å². The van der Waals surface area contributed by atoms with Crippen molar-refractivity contribution < 1.29 is 9.53 Å². The quantitative estimate of drug-likeness (QED) is 0.676. The summed E-state index contributed by atoms with van der Waals surface area (Å²) in [7, 11) is 1.66. The molecular weight excluding hydrogens is 176 g/mol. The van der Waals surface area contributed by atoms with E-state index in [1.165, 1.54) is 0 Å². The average Bonchev–Trinajstić information content (AvgIpc) is 2.18. The normalized spacial score (nSPS) is 20.3. The molecule has 1 aliphatic rings. The number of hydrogen-bond donors (Lipinski definition) is 0. The van der Waals surface area contributed by atoms with E-state index >= 15 is 0 Å². The van der Waals surface area contributed by atoms with Gasteiger partial charge >= 0.3 is 0 Å². The predicted octanol–water partition coefficient (Wildman–Crippen LogP) is 2.52. The Labute approximate surface area is 83.2 Å². The number of allylic oxidation sites excluding steroid dienone is 1. The Bertz CT molecular complexity index is 405. The molecule has 2 rings (SSSR count). The van der Waals surface area contributed by atoms with Crippen LogP contribution in [0.5, 0.6) is 0 Å². The van der Waals surface area contributed by atoms with Gasteiger partial charge in [-0.25, -0.2) is 0 Å². The Morgan fingerprint density at radius 3 is 2.71 bits per heavy atom. The van der Waals surface area contributed by atoms with Crippen molar-refractivity contribution in [1.29, 1.82) is 0 Å². The van der Waals surface area contributed by atoms with Gasteiger partial charge in [0.1, 0.15) is 6.10 Å². The fourth-order valence-electron chi connectivity index (χ4n) is 1.87. The molecule has 1 aromatic rings. The maximum atomic E-state index is 11.6. The number of carbonyl (C=O) groups is 1. The SMILES string of the molecule is COC1C(C)=CC(=O)c2ccccc21. The van der Waals surface area contributed by atoms with Crippen molar-refractivity contribution in [1.82, 2.24) is 0 Å². The molecule has 0 aliphatic heterocycles. The third kappa shape index (κ3) is 1.28. The Balaban J connectivity index is 2.58. The number of ether oxygens (including phenoxy) is 1. The Kier molecular flexibility index (Phi) is 2.22. The Morgan fingerprint density at radius 1 is 1.29 bits per heavy atom. The molecule has 0 saturated carbocycles. The van der Waals surface area contributed by atoms with Gasteiger partial charge in [-0.15, -0.1) is 0 Å². The molecule has 1 aromatic carbocycles. The fourth-order valence-corrected chi connectivity index (χ4v) is 1.87. The van der Waals surface area contributed by atoms with E-state index in [0.717, 1.165) is 16.7 Å². The number of carbonyl (C=O) groups excluding carboxylic acids is 1. The fraction of sp³-hybridized carbons (Fsp3) is 0.250. The van der Waals surface area contributed by atoms with E-state index in [9.17, 15) is 4.79 Å². The largest absolute Gasteiger partial charge is 0.372 e. The van der Waals surface area contributed by atoms with Crippen LogP contribution in [0.3, 0.4) is 0 Å². The molecule has 0 radical (unpaired) electrons. The molecule has 0 bridgehead atoms. The van der Waals surface area contributed by atoms with Crippen molar-refractivity contribution in [3.05, 3.63) is 47.0 Å². The topological polar surface area (TPSA) is 26.3 Å². The van der Waals surface area contributed by atoms with E-state index in [1.807, 2.05) is 31.2 Å². The van der Waals surface area contributed by atoms with Crippen LogP contribution < -0.4 is 0 Å². The van der Waals surface area contributed by atoms with Gasteiger partial charge in [0.25, 0.3) is 0 Å². The van der Waals surface area contributed by atoms with Gasteiger partial charge in [-0.1, -0.05) is 24.3 Å². The maximum Gasteiger partial charge on any atom is 0.186 e. The van der Waals surface area contributed by atoms with Crippen LogP contribution >= 0.6 is 0 Å². The van der Waals surface area contributed by atoms with E-state index in [-0.39, 0.29) is 11.9 Å². The molecule has 0 amide bonds. The molecule has 0 spiro atoms. The second-order valence-corrected chi connectivity index (χ2v) is 3.46. The zero-order valence-electron chi connectivity index (χ0n) is 8.28. The zero-order valence-corrected chi connectivity index (χ0v) is 8.28. The van der Waals surface area contributed by atoms with E-state index in [1.54, 1.807) is 13.2 Å². The van der Waals surface area contributed by atoms with Gasteiger partial charge in [-0.05, 0) is 24.1 Å². The molecule has 0 N–H and O–H groups in total. The van der Waals surface area contributed by atoms with Crippen molar-refractivity contribution in [3.63, 3.8) is 0 Å². The highest BCUT2D eigenvalue weighted by Gasteiger charge is 2.24. The third-order valence-electron chi connectivity index (χ3n) is 2.52. The smallest absolute Gasteiger partial charge is 0.186 e. The highest BCUT2D eigenvalue weighted by atomic mass is 16.5. The Hall–Kier alpha value is -1.41. The lowest BCUT2D eigenvalue weighted by Crippen LogP contribution is -2.15. The molecule has 1 aliphatic carbocycles. The van der Waals surface area contributed by atoms with Gasteiger partial charge in [0, 0.05) is 12.7 Å². The predicted molar refractivity (Wildman–Crippen MR) is 54.3 cm³/mol. The first-order valence-corrected chi connectivity index (χ1v) is 4.58. The number of hydrogen-bond acceptors (Lipinski definition) is 2. The minimum absolute atomic E-state index is 0.0658. The number of benzene rings is 1. The number of rotatable bonds is 1. The van der Waals surface area contributed by atoms with Crippen LogP contribution in [0.15, 0.2) is 35.9 Å². The molecule has 0 saturated heterocycles. The molecule has 0 fully saturated rings. The summed E-state index contributed by atoms with van der Waals surface area (Å²) in [6, 6.07) is 7.58. The molecule has 0 heterocycles. The van der Waals surface area contributed by atoms with Crippen LogP contribution in [-0.2, 0) is 4.74 Å². The third-order valence-corrected chi connectivity index (χ3v) is 2.52. The summed E-state index contributed by atoms with van der Waals surface area (Å²) >= 11 is 0. The van der Waals surface area contributed by atoms with Gasteiger partial charge in [0.2, 0.25) is 0 Å². The van der Waals surface area contributed by atoms with Gasteiger partial charge in [-0.3, -0.25) is 4.79 Å². The van der Waals surface area contributed by atoms with E-state index in [0.29, 0.717) is 0 Å². The first kappa shape index (κ1) is 9.16. The van der Waals surface area contributed by atoms with Crippen molar-refractivity contribution in [2.45, 2.75) is 13.0 Å². The van der Waals surface area contributed by atoms with Gasteiger partial charge in [-0.2, -0.15) is 0 Å². The minimum Gasteiger partial charge on any atom is -0.372 e. The minimum atomic E-state index is -0.0658. The van der Waals surface area contributed by atoms with Gasteiger partial charge in [0.15, 0.2) is 5.78 Å². The highest BCUT2D eigenvalue weighted by Crippen LogP contribution is 2.32. The van der Waals surface area contributed by atoms with Crippen LogP contribution in [-0.4, -0.2) is 12.9 Å². The lowest BCUT2D eigenvalue weighted by atomic mass is 9.89. The highest BCUT2D eigenvalue weighted by molar-refractivity contribution is 6.07. The molecule has 2 heteroatoms. The van der Waals surface area contributed by atoms with Crippen molar-refractivity contribution in [2.24, 2.45) is 0 Å². The molecule has 72 valence electrons. The molecule has 2 nitrogen and oxygen atoms in total. The van der Waals surface area contributed by atoms with Gasteiger partial charge < -0.3 is 4.74 Å². The van der Waals surface area contributed by atoms with Crippen molar-refractivity contribution in [2.75, 3.05) is 7.11 Å². The second kappa shape index (κ2) is 3.39. The number of fused-ring (bicyclic) bond motifs is 1. The van der Waals surface area contributed by atoms with E-state index < -0.39 is 0 Å². The first-order chi connectivity index (χ1) is 6.74. The van der Waals surface area contributed by atoms with E-state index in [4.69, 9.17) is 4.74 Å². The lowest BCUT2D eigenvalue weighted by Gasteiger charge is -2.22. The summed E-state index contributed by atoms with van der Waals surface area (Å²) in [5.74, 6) is 0.0754. The van der Waals surface area contributed by atoms with Crippen molar-refractivity contribution in [3.8, 4) is 0 Å². The summed E-state index contributed by atoms with van der Waals surface area (Å²) in [5.41, 5.74) is 2.70. The molecule has 1 unspecified atom stereocenters. The van der Waals surface area contributed by atoms with Crippen LogP contribution in [0.4, 0.5) is 0 Å². The van der Waals surface area contributed by atoms with Crippen LogP contribution in [0.1, 0.15) is 28.9 Å². The summed E-state index contributed by atoms with van der Waals surface area (Å²) in [6.45, 7) is 1.92. The summed E-state index contributed by atoms with van der Waals surface area (Å²) < 4.78 is 5.36. The average molecular weight is 188 g/mol. The maximum absolute atomic E-state index is 11.6. The second-order valence-electron chi connectivity index (χ2n) is 3.46. The standard InChI is InChI=1S/C12H12O2/c1-8-7-11(13)9-5-3-4-6-10(9)12(8)14-2/h3-7,12H,1-2H3. The molecular formula is C12H12O2. The van der Waals surface area contributed by atoms with Gasteiger partial charge in [0.05, 0.1) is 0 Å². The summed E-state index contributed by atoms with van der Waals surface area (Å²) in [6.07, 6.45) is 1.58. The summed E-state index contributed by atoms with van der Waals surface area (Å²) in [4.78, 5) is 11.6. The van der Waals surface area contributed by atoms with Crippen molar-refractivity contribution >= 4 is 5.78 Å². The molecule has 1 atom stereocenters. The van der Waals surface area contributed by atoms with Crippen LogP contribution in [0, 0.1) is 0 Å². The molecule has 14 heavy (non-hydrogen) atoms. The molecule has 0 aromatic heterocycles. The monoisotopic (exact) mass is 188 g/mol. The lowest BCUT2D eigenvalue weighted by molar-refractivity contribution is 0.0997. The zero-order chi connectivity index (χ0) is 10.1.